The number of nitrogens with zero attached hydrogens (tertiary/aromatic N) is 2. The van der Waals surface area contributed by atoms with E-state index < -0.39 is 21.7 Å². The number of amides is 1. The Morgan fingerprint density at radius 3 is 2.29 bits per heavy atom. The summed E-state index contributed by atoms with van der Waals surface area (Å²) in [5, 5.41) is 0. The van der Waals surface area contributed by atoms with E-state index in [2.05, 4.69) is 6.07 Å². The van der Waals surface area contributed by atoms with Gasteiger partial charge in [-0.3, -0.25) is 0 Å². The van der Waals surface area contributed by atoms with E-state index in [0.717, 1.165) is 53.2 Å². The van der Waals surface area contributed by atoms with Gasteiger partial charge in [0.1, 0.15) is 45.5 Å². The summed E-state index contributed by atoms with van der Waals surface area (Å²) in [6, 6.07) is 13.9. The van der Waals surface area contributed by atoms with Crippen LogP contribution in [0.5, 0.6) is 11.5 Å². The molecule has 38 heavy (non-hydrogen) atoms. The maximum atomic E-state index is 13.2. The zero-order valence-electron chi connectivity index (χ0n) is 23.6. The summed E-state index contributed by atoms with van der Waals surface area (Å²) in [4.78, 5) is 14.5. The predicted molar refractivity (Wildman–Crippen MR) is 151 cm³/mol. The Morgan fingerprint density at radius 2 is 1.71 bits per heavy atom. The average Bonchev–Trinajstić information content (AvgIpc) is 3.14. The van der Waals surface area contributed by atoms with Gasteiger partial charge in [-0.2, -0.15) is 0 Å². The Kier molecular flexibility index (Phi) is 8.05. The van der Waals surface area contributed by atoms with Gasteiger partial charge in [0.2, 0.25) is 0 Å². The van der Waals surface area contributed by atoms with Gasteiger partial charge in [-0.15, -0.1) is 0 Å². The van der Waals surface area contributed by atoms with Crippen LogP contribution in [-0.2, 0) is 29.1 Å². The van der Waals surface area contributed by atoms with Crippen molar-refractivity contribution in [2.75, 3.05) is 20.2 Å². The van der Waals surface area contributed by atoms with Gasteiger partial charge in [-0.05, 0) is 84.6 Å². The molecule has 7 nitrogen and oxygen atoms in total. The summed E-state index contributed by atoms with van der Waals surface area (Å²) in [5.74, 6) is 1.63. The molecule has 0 N–H and O–H groups in total. The van der Waals surface area contributed by atoms with Crippen LogP contribution in [0.4, 0.5) is 4.79 Å². The molecule has 8 heteroatoms. The number of carbonyl (C=O) groups excluding carboxylic acids is 1. The molecule has 2 aromatic carbocycles. The Morgan fingerprint density at radius 1 is 1.05 bits per heavy atom. The summed E-state index contributed by atoms with van der Waals surface area (Å²) in [6.07, 6.45) is 1.89. The molecular formula is C30H40N2O5S. The van der Waals surface area contributed by atoms with Crippen LogP contribution in [0.25, 0.3) is 0 Å². The van der Waals surface area contributed by atoms with E-state index in [9.17, 15) is 9.35 Å². The Balaban J connectivity index is 1.61. The summed E-state index contributed by atoms with van der Waals surface area (Å²) >= 11 is -1.41. The maximum absolute atomic E-state index is 13.2. The van der Waals surface area contributed by atoms with Crippen molar-refractivity contribution < 1.29 is 23.6 Å². The van der Waals surface area contributed by atoms with Crippen LogP contribution in [-0.4, -0.2) is 51.8 Å². The third-order valence-electron chi connectivity index (χ3n) is 7.03. The highest BCUT2D eigenvalue weighted by Gasteiger charge is 2.49. The molecule has 0 radical (unpaired) electrons. The van der Waals surface area contributed by atoms with Crippen molar-refractivity contribution in [1.82, 2.24) is 4.90 Å². The second kappa shape index (κ2) is 10.8. The minimum absolute atomic E-state index is 0.289. The largest absolute Gasteiger partial charge is 0.591 e. The Bertz CT molecular complexity index is 1170. The van der Waals surface area contributed by atoms with E-state index in [1.807, 2.05) is 77.9 Å². The molecule has 1 aliphatic heterocycles. The number of carbonyl (C=O) groups is 1. The van der Waals surface area contributed by atoms with Gasteiger partial charge in [-0.25, -0.2) is 4.79 Å². The molecule has 1 heterocycles. The van der Waals surface area contributed by atoms with E-state index in [4.69, 9.17) is 18.6 Å². The number of rotatable bonds is 5. The Labute approximate surface area is 229 Å². The van der Waals surface area contributed by atoms with Crippen LogP contribution in [0.1, 0.15) is 71.1 Å². The van der Waals surface area contributed by atoms with Crippen LogP contribution in [0, 0.1) is 5.41 Å². The maximum Gasteiger partial charge on any atom is 0.410 e. The molecular weight excluding hydrogens is 500 g/mol. The fourth-order valence-electron chi connectivity index (χ4n) is 4.92. The molecule has 4 rings (SSSR count). The van der Waals surface area contributed by atoms with Crippen LogP contribution in [0.2, 0.25) is 0 Å². The molecule has 1 aliphatic carbocycles. The van der Waals surface area contributed by atoms with Crippen LogP contribution < -0.4 is 9.47 Å². The van der Waals surface area contributed by atoms with Crippen molar-refractivity contribution in [3.05, 3.63) is 59.2 Å². The van der Waals surface area contributed by atoms with Gasteiger partial charge < -0.3 is 23.7 Å². The first-order chi connectivity index (χ1) is 17.8. The second-order valence-electron chi connectivity index (χ2n) is 12.1. The topological polar surface area (TPSA) is 83.4 Å². The van der Waals surface area contributed by atoms with Crippen molar-refractivity contribution in [3.63, 3.8) is 0 Å². The molecule has 1 amide bonds. The van der Waals surface area contributed by atoms with Crippen molar-refractivity contribution in [3.8, 4) is 11.5 Å². The smallest absolute Gasteiger partial charge is 0.410 e. The molecule has 0 aromatic heterocycles. The monoisotopic (exact) mass is 540 g/mol. The zero-order chi connectivity index (χ0) is 27.7. The highest BCUT2D eigenvalue weighted by atomic mass is 32.2. The van der Waals surface area contributed by atoms with Crippen molar-refractivity contribution in [1.29, 1.82) is 0 Å². The van der Waals surface area contributed by atoms with E-state index in [1.54, 1.807) is 12.0 Å². The molecule has 1 fully saturated rings. The van der Waals surface area contributed by atoms with E-state index in [-0.39, 0.29) is 11.5 Å². The third kappa shape index (κ3) is 6.29. The number of likely N-dealkylation sites (tertiary alicyclic amines) is 1. The molecule has 2 aliphatic rings. The molecule has 1 saturated heterocycles. The lowest BCUT2D eigenvalue weighted by atomic mass is 9.74. The molecule has 0 bridgehead atoms. The zero-order valence-corrected chi connectivity index (χ0v) is 24.4. The van der Waals surface area contributed by atoms with Crippen molar-refractivity contribution in [2.45, 2.75) is 77.8 Å². The van der Waals surface area contributed by atoms with Crippen LogP contribution in [0.15, 0.2) is 46.9 Å². The van der Waals surface area contributed by atoms with Crippen molar-refractivity contribution in [2.24, 2.45) is 9.81 Å². The minimum atomic E-state index is -1.41. The van der Waals surface area contributed by atoms with E-state index >= 15 is 0 Å². The summed E-state index contributed by atoms with van der Waals surface area (Å²) in [5.41, 5.74) is 3.17. The first-order valence-corrected chi connectivity index (χ1v) is 14.3. The van der Waals surface area contributed by atoms with Crippen LogP contribution in [0.3, 0.4) is 0 Å². The molecule has 1 atom stereocenters. The lowest BCUT2D eigenvalue weighted by Crippen LogP contribution is -2.47. The van der Waals surface area contributed by atoms with E-state index in [1.165, 1.54) is 0 Å². The SMILES string of the molecule is COc1ccc(COc2cccc3c2CC2(CCN(C(=O)OC(C)(C)C)CC2)/C3=N/[S@+]([O-])C(C)(C)C)cc1. The lowest BCUT2D eigenvalue weighted by molar-refractivity contribution is 0.0159. The number of piperidine rings is 1. The van der Waals surface area contributed by atoms with Crippen LogP contribution >= 0.6 is 0 Å². The number of hydrogen-bond acceptors (Lipinski definition) is 6. The molecule has 206 valence electrons. The normalized spacial score (nSPS) is 18.8. The quantitative estimate of drug-likeness (QED) is 0.428. The van der Waals surface area contributed by atoms with Gasteiger partial charge in [0.25, 0.3) is 0 Å². The first kappa shape index (κ1) is 28.3. The standard InChI is InChI=1S/C30H40N2O5S/c1-28(2,3)37-27(33)32-17-15-30(16-18-32)19-24-23(26(30)31-38(34)29(4,5)6)9-8-10-25(24)36-20-21-11-13-22(35-7)14-12-21/h8-14H,15-20H2,1-7H3/b31-26+/t38-/m1/s1. The van der Waals surface area contributed by atoms with Crippen molar-refractivity contribution >= 4 is 23.2 Å². The summed E-state index contributed by atoms with van der Waals surface area (Å²) in [6.45, 7) is 13.0. The van der Waals surface area contributed by atoms with Gasteiger partial charge in [0.05, 0.1) is 7.11 Å². The Hall–Kier alpha value is -2.71. The third-order valence-corrected chi connectivity index (χ3v) is 8.43. The highest BCUT2D eigenvalue weighted by Crippen LogP contribution is 2.48. The fraction of sp³-hybridized carbons (Fsp3) is 0.533. The van der Waals surface area contributed by atoms with Gasteiger partial charge >= 0.3 is 6.09 Å². The molecule has 2 aromatic rings. The number of fused-ring (bicyclic) bond motifs is 1. The fourth-order valence-corrected chi connectivity index (χ4v) is 5.65. The van der Waals surface area contributed by atoms with Gasteiger partial charge in [0.15, 0.2) is 0 Å². The highest BCUT2D eigenvalue weighted by molar-refractivity contribution is 7.91. The van der Waals surface area contributed by atoms with Gasteiger partial charge in [0, 0.05) is 29.6 Å². The number of benzene rings is 2. The summed E-state index contributed by atoms with van der Waals surface area (Å²) in [7, 11) is 1.65. The first-order valence-electron chi connectivity index (χ1n) is 13.2. The molecule has 0 unspecified atom stereocenters. The van der Waals surface area contributed by atoms with Gasteiger partial charge in [-0.1, -0.05) is 28.7 Å². The minimum Gasteiger partial charge on any atom is -0.591 e. The number of hydrogen-bond donors (Lipinski definition) is 0. The molecule has 0 saturated carbocycles. The summed E-state index contributed by atoms with van der Waals surface area (Å²) < 4.78 is 34.8. The van der Waals surface area contributed by atoms with E-state index in [0.29, 0.717) is 19.7 Å². The lowest BCUT2D eigenvalue weighted by Gasteiger charge is -2.39. The average molecular weight is 541 g/mol. The number of ether oxygens (including phenoxy) is 3. The molecule has 1 spiro atoms. The number of methoxy groups -OCH3 is 1. The predicted octanol–water partition coefficient (Wildman–Crippen LogP) is 6.10. The second-order valence-corrected chi connectivity index (χ2v) is 14.1.